The predicted octanol–water partition coefficient (Wildman–Crippen LogP) is 6.98. The van der Waals surface area contributed by atoms with Crippen LogP contribution in [0.25, 0.3) is 0 Å². The van der Waals surface area contributed by atoms with Crippen LogP contribution in [0.15, 0.2) is 48.5 Å². The summed E-state index contributed by atoms with van der Waals surface area (Å²) in [4.78, 5) is 10.5. The van der Waals surface area contributed by atoms with Crippen LogP contribution < -0.4 is 0 Å². The minimum Gasteiger partial charge on any atom is -0.450 e. The van der Waals surface area contributed by atoms with Gasteiger partial charge in [-0.15, -0.1) is 0 Å². The van der Waals surface area contributed by atoms with Gasteiger partial charge in [0.2, 0.25) is 0 Å². The van der Waals surface area contributed by atoms with Crippen LogP contribution in [0.2, 0.25) is 0 Å². The summed E-state index contributed by atoms with van der Waals surface area (Å²) in [5, 5.41) is 8.58. The van der Waals surface area contributed by atoms with Crippen molar-refractivity contribution in [2.45, 2.75) is 71.1 Å². The predicted molar refractivity (Wildman–Crippen MR) is 115 cm³/mol. The number of hydrogen-bond donors (Lipinski definition) is 1. The largest absolute Gasteiger partial charge is 0.505 e. The third kappa shape index (κ3) is 6.70. The van der Waals surface area contributed by atoms with Crippen LogP contribution in [-0.4, -0.2) is 17.9 Å². The lowest BCUT2D eigenvalue weighted by molar-refractivity contribution is 0.0899. The highest BCUT2D eigenvalue weighted by molar-refractivity contribution is 5.56. The summed E-state index contributed by atoms with van der Waals surface area (Å²) in [5.74, 6) is 0.389. The van der Waals surface area contributed by atoms with E-state index < -0.39 is 6.16 Å². The maximum atomic E-state index is 10.5. The Bertz CT molecular complexity index is 709. The number of carboxylic acid groups (broad SMARTS) is 1. The Morgan fingerprint density at radius 2 is 1.68 bits per heavy atom. The van der Waals surface area contributed by atoms with Crippen molar-refractivity contribution >= 4 is 6.16 Å². The van der Waals surface area contributed by atoms with Crippen LogP contribution in [0.1, 0.15) is 80.5 Å². The normalized spacial score (nSPS) is 11.9. The molecule has 0 bridgehead atoms. The molecule has 1 atom stereocenters. The summed E-state index contributed by atoms with van der Waals surface area (Å²) in [6.07, 6.45) is 7.30. The molecule has 1 unspecified atom stereocenters. The topological polar surface area (TPSA) is 46.5 Å². The average Bonchev–Trinajstić information content (AvgIpc) is 2.70. The Morgan fingerprint density at radius 3 is 2.36 bits per heavy atom. The first-order valence-electron chi connectivity index (χ1n) is 10.7. The number of aryl methyl sites for hydroxylation is 1. The molecule has 0 amide bonds. The first kappa shape index (κ1) is 22.0. The molecule has 0 heterocycles. The fourth-order valence-corrected chi connectivity index (χ4v) is 4.01. The molecule has 0 spiro atoms. The fraction of sp³-hybridized carbons (Fsp3) is 0.480. The lowest BCUT2D eigenvalue weighted by atomic mass is 9.81. The van der Waals surface area contributed by atoms with E-state index in [2.05, 4.69) is 67.1 Å². The van der Waals surface area contributed by atoms with Crippen molar-refractivity contribution in [3.8, 4) is 0 Å². The van der Waals surface area contributed by atoms with E-state index in [4.69, 9.17) is 5.11 Å². The first-order valence-corrected chi connectivity index (χ1v) is 10.7. The van der Waals surface area contributed by atoms with Gasteiger partial charge < -0.3 is 9.84 Å². The zero-order valence-corrected chi connectivity index (χ0v) is 17.3. The summed E-state index contributed by atoms with van der Waals surface area (Å²) in [5.41, 5.74) is 5.88. The van der Waals surface area contributed by atoms with Gasteiger partial charge in [-0.05, 0) is 47.9 Å². The average molecular weight is 383 g/mol. The van der Waals surface area contributed by atoms with Crippen molar-refractivity contribution in [2.24, 2.45) is 0 Å². The van der Waals surface area contributed by atoms with E-state index in [1.807, 2.05) is 0 Å². The molecule has 0 aliphatic carbocycles. The highest BCUT2D eigenvalue weighted by atomic mass is 16.7. The van der Waals surface area contributed by atoms with E-state index in [1.54, 1.807) is 0 Å². The monoisotopic (exact) mass is 382 g/mol. The second-order valence-electron chi connectivity index (χ2n) is 7.41. The quantitative estimate of drug-likeness (QED) is 0.318. The SMILES string of the molecule is CCCc1cccc(C(CCCCCOC(=O)O)c2ccccc2)c1CCC. The molecule has 1 N–H and O–H groups in total. The molecule has 3 nitrogen and oxygen atoms in total. The summed E-state index contributed by atoms with van der Waals surface area (Å²) >= 11 is 0. The van der Waals surface area contributed by atoms with Crippen molar-refractivity contribution in [2.75, 3.05) is 6.61 Å². The van der Waals surface area contributed by atoms with E-state index in [9.17, 15) is 4.79 Å². The minimum absolute atomic E-state index is 0.290. The Hall–Kier alpha value is -2.29. The molecule has 28 heavy (non-hydrogen) atoms. The molecule has 0 fully saturated rings. The van der Waals surface area contributed by atoms with Gasteiger partial charge in [0.25, 0.3) is 0 Å². The Kier molecular flexibility index (Phi) is 9.61. The van der Waals surface area contributed by atoms with Crippen molar-refractivity contribution < 1.29 is 14.6 Å². The highest BCUT2D eigenvalue weighted by Gasteiger charge is 2.18. The number of benzene rings is 2. The molecule has 152 valence electrons. The summed E-state index contributed by atoms with van der Waals surface area (Å²) in [6, 6.07) is 17.6. The summed E-state index contributed by atoms with van der Waals surface area (Å²) < 4.78 is 4.63. The third-order valence-electron chi connectivity index (χ3n) is 5.27. The summed E-state index contributed by atoms with van der Waals surface area (Å²) in [6.45, 7) is 4.79. The van der Waals surface area contributed by atoms with Crippen molar-refractivity contribution in [1.29, 1.82) is 0 Å². The standard InChI is InChI=1S/C25H34O3/c1-3-12-20-16-11-18-24(22(20)13-4-2)23(21-14-7-5-8-15-21)17-9-6-10-19-28-25(26)27/h5,7-8,11,14-16,18,23H,3-4,6,9-10,12-13,17,19H2,1-2H3,(H,26,27). The lowest BCUT2D eigenvalue weighted by Crippen LogP contribution is -2.08. The van der Waals surface area contributed by atoms with Crippen LogP contribution in [0.5, 0.6) is 0 Å². The molecule has 0 saturated carbocycles. The zero-order chi connectivity index (χ0) is 20.2. The van der Waals surface area contributed by atoms with Gasteiger partial charge in [0.15, 0.2) is 0 Å². The van der Waals surface area contributed by atoms with Gasteiger partial charge in [0, 0.05) is 5.92 Å². The second kappa shape index (κ2) is 12.2. The van der Waals surface area contributed by atoms with Gasteiger partial charge in [0.1, 0.15) is 0 Å². The van der Waals surface area contributed by atoms with E-state index >= 15 is 0 Å². The van der Waals surface area contributed by atoms with E-state index in [1.165, 1.54) is 28.7 Å². The van der Waals surface area contributed by atoms with Gasteiger partial charge in [-0.1, -0.05) is 88.1 Å². The molecule has 2 aromatic rings. The maximum Gasteiger partial charge on any atom is 0.505 e. The first-order chi connectivity index (χ1) is 13.7. The second-order valence-corrected chi connectivity index (χ2v) is 7.41. The van der Waals surface area contributed by atoms with Crippen molar-refractivity contribution in [1.82, 2.24) is 0 Å². The molecule has 3 heteroatoms. The maximum absolute atomic E-state index is 10.5. The van der Waals surface area contributed by atoms with Gasteiger partial charge in [-0.2, -0.15) is 0 Å². The number of hydrogen-bond acceptors (Lipinski definition) is 2. The number of carbonyl (C=O) groups is 1. The smallest absolute Gasteiger partial charge is 0.450 e. The molecule has 0 aliphatic heterocycles. The molecule has 2 rings (SSSR count). The molecule has 2 aromatic carbocycles. The Morgan fingerprint density at radius 1 is 0.929 bits per heavy atom. The molecule has 0 aliphatic rings. The third-order valence-corrected chi connectivity index (χ3v) is 5.27. The van der Waals surface area contributed by atoms with Gasteiger partial charge >= 0.3 is 6.16 Å². The van der Waals surface area contributed by atoms with Crippen LogP contribution in [0.4, 0.5) is 4.79 Å². The van der Waals surface area contributed by atoms with Crippen LogP contribution in [0, 0.1) is 0 Å². The van der Waals surface area contributed by atoms with Crippen molar-refractivity contribution in [3.05, 3.63) is 70.8 Å². The van der Waals surface area contributed by atoms with Gasteiger partial charge in [0.05, 0.1) is 6.61 Å². The number of rotatable bonds is 12. The van der Waals surface area contributed by atoms with E-state index in [-0.39, 0.29) is 0 Å². The molecular formula is C25H34O3. The minimum atomic E-state index is -1.18. The number of unbranched alkanes of at least 4 members (excludes halogenated alkanes) is 2. The van der Waals surface area contributed by atoms with Crippen LogP contribution in [-0.2, 0) is 17.6 Å². The van der Waals surface area contributed by atoms with Gasteiger partial charge in [-0.25, -0.2) is 4.79 Å². The Balaban J connectivity index is 2.20. The summed E-state index contributed by atoms with van der Waals surface area (Å²) in [7, 11) is 0. The Labute approximate surface area is 169 Å². The molecule has 0 radical (unpaired) electrons. The van der Waals surface area contributed by atoms with Crippen molar-refractivity contribution in [3.63, 3.8) is 0 Å². The van der Waals surface area contributed by atoms with E-state index in [0.29, 0.717) is 12.5 Å². The number of ether oxygens (including phenoxy) is 1. The highest BCUT2D eigenvalue weighted by Crippen LogP contribution is 2.34. The lowest BCUT2D eigenvalue weighted by Gasteiger charge is -2.23. The molecule has 0 aromatic heterocycles. The van der Waals surface area contributed by atoms with Gasteiger partial charge in [-0.3, -0.25) is 0 Å². The zero-order valence-electron chi connectivity index (χ0n) is 17.3. The molecular weight excluding hydrogens is 348 g/mol. The van der Waals surface area contributed by atoms with E-state index in [0.717, 1.165) is 44.9 Å². The van der Waals surface area contributed by atoms with Crippen LogP contribution >= 0.6 is 0 Å². The van der Waals surface area contributed by atoms with Crippen LogP contribution in [0.3, 0.4) is 0 Å². The fourth-order valence-electron chi connectivity index (χ4n) is 4.01. The molecule has 0 saturated heterocycles.